The van der Waals surface area contributed by atoms with E-state index >= 15 is 0 Å². The number of hydrogen-bond donors (Lipinski definition) is 0. The Morgan fingerprint density at radius 2 is 1.86 bits per heavy atom. The molecule has 2 aliphatic heterocycles. The summed E-state index contributed by atoms with van der Waals surface area (Å²) < 4.78 is 38.3. The number of sulfonamides is 1. The molecule has 8 heteroatoms. The molecule has 2 aliphatic rings. The fourth-order valence-corrected chi connectivity index (χ4v) is 5.40. The molecule has 7 nitrogen and oxygen atoms in total. The van der Waals surface area contributed by atoms with Crippen LogP contribution in [0.15, 0.2) is 53.4 Å². The van der Waals surface area contributed by atoms with Gasteiger partial charge in [-0.25, -0.2) is 8.42 Å². The molecule has 0 saturated carbocycles. The van der Waals surface area contributed by atoms with Gasteiger partial charge in [0, 0.05) is 13.1 Å². The van der Waals surface area contributed by atoms with Gasteiger partial charge in [-0.2, -0.15) is 4.31 Å². The van der Waals surface area contributed by atoms with Crippen molar-refractivity contribution in [1.29, 1.82) is 0 Å². The molecule has 1 atom stereocenters. The second-order valence-corrected chi connectivity index (χ2v) is 9.12. The summed E-state index contributed by atoms with van der Waals surface area (Å²) in [4.78, 5) is 15.2. The van der Waals surface area contributed by atoms with E-state index in [4.69, 9.17) is 9.47 Å². The zero-order valence-electron chi connectivity index (χ0n) is 16.3. The second-order valence-electron chi connectivity index (χ2n) is 7.18. The van der Waals surface area contributed by atoms with E-state index < -0.39 is 10.0 Å². The SMILES string of the molecule is COc1ccc(S(=O)(=O)N2CCC[C@@H](C(=O)N3CCOc4ccccc43)C2)cc1. The van der Waals surface area contributed by atoms with Gasteiger partial charge in [0.15, 0.2) is 0 Å². The molecule has 2 heterocycles. The van der Waals surface area contributed by atoms with E-state index in [9.17, 15) is 13.2 Å². The van der Waals surface area contributed by atoms with Crippen molar-refractivity contribution in [3.8, 4) is 11.5 Å². The monoisotopic (exact) mass is 416 g/mol. The molecule has 0 aromatic heterocycles. The van der Waals surface area contributed by atoms with E-state index in [0.29, 0.717) is 44.0 Å². The lowest BCUT2D eigenvalue weighted by Gasteiger charge is -2.36. The maximum Gasteiger partial charge on any atom is 0.243 e. The van der Waals surface area contributed by atoms with Gasteiger partial charge in [0.05, 0.1) is 30.2 Å². The standard InChI is InChI=1S/C21H24N2O5S/c1-27-17-8-10-18(11-9-17)29(25,26)22-12-4-5-16(15-22)21(24)23-13-14-28-20-7-3-2-6-19(20)23/h2-3,6-11,16H,4-5,12-15H2,1H3/t16-/m1/s1. The fraction of sp³-hybridized carbons (Fsp3) is 0.381. The van der Waals surface area contributed by atoms with Crippen LogP contribution in [0.5, 0.6) is 11.5 Å². The first kappa shape index (κ1) is 19.7. The number of amides is 1. The minimum absolute atomic E-state index is 0.0459. The van der Waals surface area contributed by atoms with E-state index in [0.717, 1.165) is 5.69 Å². The van der Waals surface area contributed by atoms with Crippen LogP contribution in [-0.2, 0) is 14.8 Å². The van der Waals surface area contributed by atoms with Crippen molar-refractivity contribution in [2.24, 2.45) is 5.92 Å². The van der Waals surface area contributed by atoms with Crippen molar-refractivity contribution < 1.29 is 22.7 Å². The Morgan fingerprint density at radius 1 is 1.10 bits per heavy atom. The number of fused-ring (bicyclic) bond motifs is 1. The van der Waals surface area contributed by atoms with Crippen LogP contribution < -0.4 is 14.4 Å². The molecule has 2 aromatic rings. The van der Waals surface area contributed by atoms with E-state index in [1.165, 1.54) is 23.5 Å². The largest absolute Gasteiger partial charge is 0.497 e. The molecule has 0 N–H and O–H groups in total. The molecule has 0 spiro atoms. The summed E-state index contributed by atoms with van der Waals surface area (Å²) in [5.41, 5.74) is 0.749. The number of piperidine rings is 1. The van der Waals surface area contributed by atoms with Gasteiger partial charge in [0.2, 0.25) is 15.9 Å². The summed E-state index contributed by atoms with van der Waals surface area (Å²) >= 11 is 0. The Bertz CT molecular complexity index is 990. The number of hydrogen-bond acceptors (Lipinski definition) is 5. The van der Waals surface area contributed by atoms with Gasteiger partial charge in [-0.3, -0.25) is 4.79 Å². The highest BCUT2D eigenvalue weighted by atomic mass is 32.2. The lowest BCUT2D eigenvalue weighted by atomic mass is 9.97. The predicted molar refractivity (Wildman–Crippen MR) is 109 cm³/mol. The van der Waals surface area contributed by atoms with Crippen molar-refractivity contribution >= 4 is 21.6 Å². The van der Waals surface area contributed by atoms with Crippen molar-refractivity contribution in [3.05, 3.63) is 48.5 Å². The summed E-state index contributed by atoms with van der Waals surface area (Å²) in [5.74, 6) is 0.866. The second kappa shape index (κ2) is 8.04. The molecule has 0 aliphatic carbocycles. The molecular weight excluding hydrogens is 392 g/mol. The van der Waals surface area contributed by atoms with Crippen LogP contribution in [0.3, 0.4) is 0 Å². The Hall–Kier alpha value is -2.58. The molecule has 1 fully saturated rings. The average molecular weight is 416 g/mol. The molecule has 0 radical (unpaired) electrons. The summed E-state index contributed by atoms with van der Waals surface area (Å²) in [7, 11) is -2.13. The van der Waals surface area contributed by atoms with E-state index in [2.05, 4.69) is 0 Å². The molecular formula is C21H24N2O5S. The number of carbonyl (C=O) groups is 1. The van der Waals surface area contributed by atoms with Crippen LogP contribution in [0.25, 0.3) is 0 Å². The highest BCUT2D eigenvalue weighted by molar-refractivity contribution is 7.89. The third kappa shape index (κ3) is 3.82. The van der Waals surface area contributed by atoms with Gasteiger partial charge in [-0.15, -0.1) is 0 Å². The van der Waals surface area contributed by atoms with Gasteiger partial charge in [0.25, 0.3) is 0 Å². The topological polar surface area (TPSA) is 76.2 Å². The number of benzene rings is 2. The molecule has 0 unspecified atom stereocenters. The minimum atomic E-state index is -3.66. The Labute approximate surface area is 170 Å². The molecule has 1 saturated heterocycles. The molecule has 0 bridgehead atoms. The first-order valence-electron chi connectivity index (χ1n) is 9.68. The van der Waals surface area contributed by atoms with Crippen molar-refractivity contribution in [2.45, 2.75) is 17.7 Å². The third-order valence-corrected chi connectivity index (χ3v) is 7.30. The average Bonchev–Trinajstić information content (AvgIpc) is 2.78. The van der Waals surface area contributed by atoms with Gasteiger partial charge in [-0.05, 0) is 49.2 Å². The number of methoxy groups -OCH3 is 1. The van der Waals surface area contributed by atoms with E-state index in [1.807, 2.05) is 24.3 Å². The highest BCUT2D eigenvalue weighted by Gasteiger charge is 2.36. The zero-order chi connectivity index (χ0) is 20.4. The van der Waals surface area contributed by atoms with E-state index in [-0.39, 0.29) is 23.3 Å². The number of rotatable bonds is 4. The number of carbonyl (C=O) groups excluding carboxylic acids is 1. The summed E-state index contributed by atoms with van der Waals surface area (Å²) in [6.45, 7) is 1.51. The summed E-state index contributed by atoms with van der Waals surface area (Å²) in [5, 5.41) is 0. The quantitative estimate of drug-likeness (QED) is 0.766. The molecule has 29 heavy (non-hydrogen) atoms. The predicted octanol–water partition coefficient (Wildman–Crippen LogP) is 2.52. The molecule has 2 aromatic carbocycles. The van der Waals surface area contributed by atoms with Gasteiger partial charge >= 0.3 is 0 Å². The fourth-order valence-electron chi connectivity index (χ4n) is 3.88. The normalized spacial score (nSPS) is 19.9. The number of anilines is 1. The van der Waals surface area contributed by atoms with Gasteiger partial charge in [-0.1, -0.05) is 12.1 Å². The number of para-hydroxylation sites is 2. The van der Waals surface area contributed by atoms with Gasteiger partial charge in [0.1, 0.15) is 18.1 Å². The molecule has 4 rings (SSSR count). The lowest BCUT2D eigenvalue weighted by Crippen LogP contribution is -2.48. The van der Waals surface area contributed by atoms with Crippen LogP contribution in [0.4, 0.5) is 5.69 Å². The number of nitrogens with zero attached hydrogens (tertiary/aromatic N) is 2. The third-order valence-electron chi connectivity index (χ3n) is 5.43. The van der Waals surface area contributed by atoms with Crippen molar-refractivity contribution in [3.63, 3.8) is 0 Å². The van der Waals surface area contributed by atoms with Crippen LogP contribution in [0.1, 0.15) is 12.8 Å². The van der Waals surface area contributed by atoms with Crippen LogP contribution in [0.2, 0.25) is 0 Å². The first-order chi connectivity index (χ1) is 14.0. The Balaban J connectivity index is 1.53. The maximum absolute atomic E-state index is 13.2. The number of ether oxygens (including phenoxy) is 2. The van der Waals surface area contributed by atoms with Crippen molar-refractivity contribution in [1.82, 2.24) is 4.31 Å². The zero-order valence-corrected chi connectivity index (χ0v) is 17.1. The van der Waals surface area contributed by atoms with Crippen molar-refractivity contribution in [2.75, 3.05) is 38.3 Å². The first-order valence-corrected chi connectivity index (χ1v) is 11.1. The lowest BCUT2D eigenvalue weighted by molar-refractivity contribution is -0.123. The summed E-state index contributed by atoms with van der Waals surface area (Å²) in [6, 6.07) is 13.8. The minimum Gasteiger partial charge on any atom is -0.497 e. The Kier molecular flexibility index (Phi) is 5.47. The van der Waals surface area contributed by atoms with Crippen LogP contribution in [0, 0.1) is 5.92 Å². The molecule has 154 valence electrons. The van der Waals surface area contributed by atoms with E-state index in [1.54, 1.807) is 17.0 Å². The maximum atomic E-state index is 13.2. The smallest absolute Gasteiger partial charge is 0.243 e. The molecule has 1 amide bonds. The van der Waals surface area contributed by atoms with Gasteiger partial charge < -0.3 is 14.4 Å². The Morgan fingerprint density at radius 3 is 2.62 bits per heavy atom. The van der Waals surface area contributed by atoms with Crippen LogP contribution >= 0.6 is 0 Å². The highest BCUT2D eigenvalue weighted by Crippen LogP contribution is 2.34. The van der Waals surface area contributed by atoms with Crippen LogP contribution in [-0.4, -0.2) is 52.0 Å². The summed E-state index contributed by atoms with van der Waals surface area (Å²) in [6.07, 6.45) is 1.32.